The minimum absolute atomic E-state index is 0.00444. The highest BCUT2D eigenvalue weighted by molar-refractivity contribution is 7.80. The molecule has 0 radical (unpaired) electrons. The molecule has 0 bridgehead atoms. The van der Waals surface area contributed by atoms with Crippen molar-refractivity contribution in [1.82, 2.24) is 5.32 Å². The fourth-order valence-corrected chi connectivity index (χ4v) is 2.33. The van der Waals surface area contributed by atoms with Gasteiger partial charge in [0.25, 0.3) is 0 Å². The van der Waals surface area contributed by atoms with E-state index in [1.165, 1.54) is 12.8 Å². The van der Waals surface area contributed by atoms with E-state index in [-0.39, 0.29) is 5.91 Å². The van der Waals surface area contributed by atoms with E-state index in [9.17, 15) is 4.79 Å². The Labute approximate surface area is 101 Å². The minimum atomic E-state index is -0.664. The molecule has 4 nitrogen and oxygen atoms in total. The molecule has 0 aromatic carbocycles. The molecule has 0 atom stereocenters. The van der Waals surface area contributed by atoms with Gasteiger partial charge in [-0.2, -0.15) is 0 Å². The highest BCUT2D eigenvalue weighted by Crippen LogP contribution is 2.32. The van der Waals surface area contributed by atoms with Crippen LogP contribution in [-0.4, -0.2) is 30.7 Å². The molecule has 2 rings (SSSR count). The zero-order valence-corrected chi connectivity index (χ0v) is 10.1. The second-order valence-electron chi connectivity index (χ2n) is 4.71. The highest BCUT2D eigenvalue weighted by atomic mass is 32.1. The smallest absolute Gasteiger partial charge is 0.233 e. The van der Waals surface area contributed by atoms with Gasteiger partial charge in [0.05, 0.1) is 4.99 Å². The first kappa shape index (κ1) is 11.8. The summed E-state index contributed by atoms with van der Waals surface area (Å²) in [6, 6.07) is 0. The molecule has 1 aliphatic carbocycles. The topological polar surface area (TPSA) is 64.4 Å². The first-order chi connectivity index (χ1) is 7.65. The number of thiocarbonyl (C=S) groups is 1. The zero-order chi connectivity index (χ0) is 11.6. The van der Waals surface area contributed by atoms with Crippen LogP contribution < -0.4 is 11.1 Å². The van der Waals surface area contributed by atoms with Gasteiger partial charge < -0.3 is 15.8 Å². The maximum absolute atomic E-state index is 12.2. The van der Waals surface area contributed by atoms with Crippen molar-refractivity contribution in [3.63, 3.8) is 0 Å². The number of rotatable bonds is 4. The van der Waals surface area contributed by atoms with Crippen molar-refractivity contribution in [1.29, 1.82) is 0 Å². The van der Waals surface area contributed by atoms with Crippen LogP contribution in [0, 0.1) is 11.3 Å². The molecule has 0 aromatic heterocycles. The van der Waals surface area contributed by atoms with Crippen LogP contribution in [0.5, 0.6) is 0 Å². The van der Waals surface area contributed by atoms with E-state index in [1.54, 1.807) is 0 Å². The SMILES string of the molecule is NC(=S)C1(C(=O)NCC2CC2)CCOCC1. The molecule has 0 spiro atoms. The zero-order valence-electron chi connectivity index (χ0n) is 9.33. The molecule has 2 fully saturated rings. The molecule has 0 aromatic rings. The summed E-state index contributed by atoms with van der Waals surface area (Å²) < 4.78 is 5.27. The van der Waals surface area contributed by atoms with Crippen molar-refractivity contribution in [2.45, 2.75) is 25.7 Å². The second-order valence-corrected chi connectivity index (χ2v) is 5.15. The van der Waals surface area contributed by atoms with Gasteiger partial charge in [0, 0.05) is 19.8 Å². The Hall–Kier alpha value is -0.680. The first-order valence-corrected chi connectivity index (χ1v) is 6.22. The summed E-state index contributed by atoms with van der Waals surface area (Å²) in [7, 11) is 0. The number of ether oxygens (including phenoxy) is 1. The number of nitrogens with one attached hydrogen (secondary N) is 1. The van der Waals surface area contributed by atoms with Gasteiger partial charge in [-0.05, 0) is 31.6 Å². The van der Waals surface area contributed by atoms with Crippen LogP contribution in [0.2, 0.25) is 0 Å². The predicted molar refractivity (Wildman–Crippen MR) is 65.0 cm³/mol. The Morgan fingerprint density at radius 1 is 1.44 bits per heavy atom. The summed E-state index contributed by atoms with van der Waals surface area (Å²) in [4.78, 5) is 12.5. The van der Waals surface area contributed by atoms with Crippen LogP contribution in [0.25, 0.3) is 0 Å². The van der Waals surface area contributed by atoms with Crippen molar-refractivity contribution in [3.05, 3.63) is 0 Å². The molecule has 1 saturated heterocycles. The molecule has 1 saturated carbocycles. The summed E-state index contributed by atoms with van der Waals surface area (Å²) in [6.07, 6.45) is 3.67. The molecular formula is C11H18N2O2S. The van der Waals surface area contributed by atoms with Gasteiger partial charge in [-0.1, -0.05) is 12.2 Å². The first-order valence-electron chi connectivity index (χ1n) is 5.81. The number of amides is 1. The highest BCUT2D eigenvalue weighted by Gasteiger charge is 2.43. The van der Waals surface area contributed by atoms with Crippen molar-refractivity contribution >= 4 is 23.1 Å². The maximum atomic E-state index is 12.2. The van der Waals surface area contributed by atoms with Crippen LogP contribution in [0.3, 0.4) is 0 Å². The van der Waals surface area contributed by atoms with Gasteiger partial charge in [-0.3, -0.25) is 4.79 Å². The Morgan fingerprint density at radius 2 is 2.06 bits per heavy atom. The molecule has 2 aliphatic rings. The minimum Gasteiger partial charge on any atom is -0.392 e. The number of carbonyl (C=O) groups is 1. The predicted octanol–water partition coefficient (Wildman–Crippen LogP) is 0.595. The Balaban J connectivity index is 1.98. The van der Waals surface area contributed by atoms with Crippen molar-refractivity contribution in [3.8, 4) is 0 Å². The summed E-state index contributed by atoms with van der Waals surface area (Å²) in [6.45, 7) is 1.90. The number of carbonyl (C=O) groups excluding carboxylic acids is 1. The molecule has 1 amide bonds. The molecule has 0 unspecified atom stereocenters. The van der Waals surface area contributed by atoms with E-state index >= 15 is 0 Å². The van der Waals surface area contributed by atoms with E-state index in [0.29, 0.717) is 37.0 Å². The number of nitrogens with two attached hydrogens (primary N) is 1. The van der Waals surface area contributed by atoms with Crippen LogP contribution in [0.1, 0.15) is 25.7 Å². The lowest BCUT2D eigenvalue weighted by Crippen LogP contribution is -2.52. The van der Waals surface area contributed by atoms with Crippen LogP contribution in [0.4, 0.5) is 0 Å². The van der Waals surface area contributed by atoms with Crippen molar-refractivity contribution in [2.24, 2.45) is 17.1 Å². The van der Waals surface area contributed by atoms with Gasteiger partial charge in [0.15, 0.2) is 0 Å². The van der Waals surface area contributed by atoms with E-state index < -0.39 is 5.41 Å². The monoisotopic (exact) mass is 242 g/mol. The molecular weight excluding hydrogens is 224 g/mol. The van der Waals surface area contributed by atoms with Gasteiger partial charge in [-0.15, -0.1) is 0 Å². The van der Waals surface area contributed by atoms with Crippen LogP contribution >= 0.6 is 12.2 Å². The summed E-state index contributed by atoms with van der Waals surface area (Å²) in [5.41, 5.74) is 5.08. The quantitative estimate of drug-likeness (QED) is 0.708. The van der Waals surface area contributed by atoms with Crippen molar-refractivity contribution < 1.29 is 9.53 Å². The fourth-order valence-electron chi connectivity index (χ4n) is 2.03. The van der Waals surface area contributed by atoms with E-state index in [1.807, 2.05) is 0 Å². The third kappa shape index (κ3) is 2.35. The number of hydrogen-bond donors (Lipinski definition) is 2. The van der Waals surface area contributed by atoms with Crippen LogP contribution in [0.15, 0.2) is 0 Å². The largest absolute Gasteiger partial charge is 0.392 e. The van der Waals surface area contributed by atoms with Crippen molar-refractivity contribution in [2.75, 3.05) is 19.8 Å². The van der Waals surface area contributed by atoms with Crippen LogP contribution in [-0.2, 0) is 9.53 Å². The second kappa shape index (κ2) is 4.67. The van der Waals surface area contributed by atoms with Gasteiger partial charge in [0.2, 0.25) is 5.91 Å². The molecule has 1 aliphatic heterocycles. The molecule has 3 N–H and O–H groups in total. The lowest BCUT2D eigenvalue weighted by molar-refractivity contribution is -0.131. The average molecular weight is 242 g/mol. The van der Waals surface area contributed by atoms with E-state index in [2.05, 4.69) is 5.32 Å². The van der Waals surface area contributed by atoms with Gasteiger partial charge in [0.1, 0.15) is 5.41 Å². The Kier molecular flexibility index (Phi) is 3.44. The number of hydrogen-bond acceptors (Lipinski definition) is 3. The summed E-state index contributed by atoms with van der Waals surface area (Å²) in [5, 5.41) is 2.97. The third-order valence-electron chi connectivity index (χ3n) is 3.50. The average Bonchev–Trinajstić information content (AvgIpc) is 3.10. The fraction of sp³-hybridized carbons (Fsp3) is 0.818. The van der Waals surface area contributed by atoms with Gasteiger partial charge in [-0.25, -0.2) is 0 Å². The van der Waals surface area contributed by atoms with E-state index in [0.717, 1.165) is 6.54 Å². The van der Waals surface area contributed by atoms with E-state index in [4.69, 9.17) is 22.7 Å². The lowest BCUT2D eigenvalue weighted by Gasteiger charge is -2.34. The summed E-state index contributed by atoms with van der Waals surface area (Å²) in [5.74, 6) is 0.669. The maximum Gasteiger partial charge on any atom is 0.233 e. The molecule has 90 valence electrons. The molecule has 5 heteroatoms. The lowest BCUT2D eigenvalue weighted by atomic mass is 9.79. The Bertz CT molecular complexity index is 296. The Morgan fingerprint density at radius 3 is 2.56 bits per heavy atom. The van der Waals surface area contributed by atoms with Gasteiger partial charge >= 0.3 is 0 Å². The molecule has 1 heterocycles. The normalized spacial score (nSPS) is 23.8. The third-order valence-corrected chi connectivity index (χ3v) is 3.89. The summed E-state index contributed by atoms with van der Waals surface area (Å²) >= 11 is 5.06. The molecule has 16 heavy (non-hydrogen) atoms. The standard InChI is InChI=1S/C11H18N2O2S/c12-9(16)11(3-5-15-6-4-11)10(14)13-7-8-1-2-8/h8H,1-7H2,(H2,12,16)(H,13,14).